The molecule has 1 amide bonds. The number of para-hydroxylation sites is 1. The van der Waals surface area contributed by atoms with Crippen LogP contribution in [0.1, 0.15) is 21.9 Å². The number of amides is 1. The summed E-state index contributed by atoms with van der Waals surface area (Å²) in [4.78, 5) is 16.5. The van der Waals surface area contributed by atoms with Gasteiger partial charge < -0.3 is 19.2 Å². The number of nitrogens with one attached hydrogen (secondary N) is 1. The van der Waals surface area contributed by atoms with Crippen LogP contribution in [0.4, 0.5) is 0 Å². The number of rotatable bonds is 6. The van der Waals surface area contributed by atoms with Gasteiger partial charge in [-0.3, -0.25) is 9.78 Å². The van der Waals surface area contributed by atoms with Gasteiger partial charge in [-0.25, -0.2) is 0 Å². The molecule has 1 aliphatic heterocycles. The highest BCUT2D eigenvalue weighted by Crippen LogP contribution is 2.38. The van der Waals surface area contributed by atoms with Crippen molar-refractivity contribution in [3.8, 4) is 16.9 Å². The van der Waals surface area contributed by atoms with E-state index in [4.69, 9.17) is 13.9 Å². The van der Waals surface area contributed by atoms with Gasteiger partial charge in [-0.2, -0.15) is 0 Å². The topological polar surface area (TPSA) is 73.6 Å². The van der Waals surface area contributed by atoms with Crippen LogP contribution >= 0.6 is 0 Å². The largest absolute Gasteiger partial charge is 0.487 e. The fourth-order valence-corrected chi connectivity index (χ4v) is 3.22. The second-order valence-corrected chi connectivity index (χ2v) is 6.39. The Morgan fingerprint density at radius 1 is 1.26 bits per heavy atom. The molecule has 1 N–H and O–H groups in total. The number of ether oxygens (including phenoxy) is 2. The summed E-state index contributed by atoms with van der Waals surface area (Å²) in [6.07, 6.45) is 4.20. The summed E-state index contributed by atoms with van der Waals surface area (Å²) in [6.45, 7) is 0.742. The van der Waals surface area contributed by atoms with E-state index in [1.165, 1.54) is 0 Å². The molecule has 1 atom stereocenters. The van der Waals surface area contributed by atoms with Crippen LogP contribution in [0.2, 0.25) is 0 Å². The molecule has 1 unspecified atom stereocenters. The molecule has 0 fully saturated rings. The first-order chi connectivity index (χ1) is 13.2. The van der Waals surface area contributed by atoms with Gasteiger partial charge in [-0.05, 0) is 23.8 Å². The molecule has 0 aliphatic carbocycles. The molecule has 0 saturated heterocycles. The SMILES string of the molecule is COCc1ccc(C(=O)NCC2Cc3cccc(-c4cccnc4)c3O2)o1. The van der Waals surface area contributed by atoms with Crippen molar-refractivity contribution in [3.05, 3.63) is 71.9 Å². The molecule has 3 heterocycles. The number of hydrogen-bond donors (Lipinski definition) is 1. The van der Waals surface area contributed by atoms with Gasteiger partial charge in [0.15, 0.2) is 5.76 Å². The quantitative estimate of drug-likeness (QED) is 0.727. The Bertz CT molecular complexity index is 936. The van der Waals surface area contributed by atoms with Crippen LogP contribution < -0.4 is 10.1 Å². The smallest absolute Gasteiger partial charge is 0.287 e. The second kappa shape index (κ2) is 7.63. The Labute approximate surface area is 157 Å². The van der Waals surface area contributed by atoms with Crippen LogP contribution in [0.25, 0.3) is 11.1 Å². The van der Waals surface area contributed by atoms with Crippen molar-refractivity contribution in [2.75, 3.05) is 13.7 Å². The van der Waals surface area contributed by atoms with E-state index in [1.807, 2.05) is 30.5 Å². The summed E-state index contributed by atoms with van der Waals surface area (Å²) < 4.78 is 16.6. The molecule has 0 bridgehead atoms. The first kappa shape index (κ1) is 17.3. The zero-order valence-corrected chi connectivity index (χ0v) is 15.0. The zero-order chi connectivity index (χ0) is 18.6. The van der Waals surface area contributed by atoms with E-state index in [-0.39, 0.29) is 17.8 Å². The van der Waals surface area contributed by atoms with E-state index in [1.54, 1.807) is 25.4 Å². The number of carbonyl (C=O) groups excluding carboxylic acids is 1. The van der Waals surface area contributed by atoms with Crippen LogP contribution in [-0.4, -0.2) is 30.6 Å². The van der Waals surface area contributed by atoms with Gasteiger partial charge in [-0.15, -0.1) is 0 Å². The summed E-state index contributed by atoms with van der Waals surface area (Å²) in [7, 11) is 1.58. The van der Waals surface area contributed by atoms with Gasteiger partial charge in [0, 0.05) is 37.1 Å². The van der Waals surface area contributed by atoms with Gasteiger partial charge >= 0.3 is 0 Å². The molecule has 138 valence electrons. The molecule has 0 saturated carbocycles. The number of benzene rings is 1. The first-order valence-corrected chi connectivity index (χ1v) is 8.79. The number of carbonyl (C=O) groups is 1. The molecule has 1 aliphatic rings. The van der Waals surface area contributed by atoms with E-state index < -0.39 is 0 Å². The number of methoxy groups -OCH3 is 1. The minimum atomic E-state index is -0.260. The highest BCUT2D eigenvalue weighted by Gasteiger charge is 2.26. The third-order valence-electron chi connectivity index (χ3n) is 4.46. The molecule has 6 nitrogen and oxygen atoms in total. The average molecular weight is 364 g/mol. The molecule has 0 radical (unpaired) electrons. The number of hydrogen-bond acceptors (Lipinski definition) is 5. The van der Waals surface area contributed by atoms with Crippen LogP contribution in [0, 0.1) is 0 Å². The fraction of sp³-hybridized carbons (Fsp3) is 0.238. The minimum Gasteiger partial charge on any atom is -0.487 e. The maximum atomic E-state index is 12.3. The Morgan fingerprint density at radius 3 is 3.00 bits per heavy atom. The lowest BCUT2D eigenvalue weighted by Gasteiger charge is -2.13. The molecule has 3 aromatic rings. The predicted octanol–water partition coefficient (Wildman–Crippen LogP) is 3.22. The van der Waals surface area contributed by atoms with Gasteiger partial charge in [0.1, 0.15) is 24.2 Å². The van der Waals surface area contributed by atoms with Crippen molar-refractivity contribution < 1.29 is 18.7 Å². The number of furan rings is 1. The van der Waals surface area contributed by atoms with Gasteiger partial charge in [0.2, 0.25) is 0 Å². The Morgan fingerprint density at radius 2 is 2.19 bits per heavy atom. The standard InChI is InChI=1S/C21H20N2O4/c1-25-13-16-7-8-19(26-16)21(24)23-12-17-10-14-4-2-6-18(20(14)27-17)15-5-3-9-22-11-15/h2-9,11,17H,10,12-13H2,1H3,(H,23,24). The van der Waals surface area contributed by atoms with Crippen LogP contribution in [0.5, 0.6) is 5.75 Å². The van der Waals surface area contributed by atoms with Crippen LogP contribution in [-0.2, 0) is 17.8 Å². The number of pyridine rings is 1. The van der Waals surface area contributed by atoms with Gasteiger partial charge in [0.05, 0.1) is 6.54 Å². The number of fused-ring (bicyclic) bond motifs is 1. The molecule has 6 heteroatoms. The van der Waals surface area contributed by atoms with Crippen LogP contribution in [0.3, 0.4) is 0 Å². The van der Waals surface area contributed by atoms with Crippen molar-refractivity contribution in [2.45, 2.75) is 19.1 Å². The van der Waals surface area contributed by atoms with E-state index in [2.05, 4.69) is 16.4 Å². The maximum Gasteiger partial charge on any atom is 0.287 e. The summed E-state index contributed by atoms with van der Waals surface area (Å²) in [5, 5.41) is 2.88. The number of aromatic nitrogens is 1. The molecular weight excluding hydrogens is 344 g/mol. The molecule has 2 aromatic heterocycles. The van der Waals surface area contributed by atoms with Crippen molar-refractivity contribution in [2.24, 2.45) is 0 Å². The lowest BCUT2D eigenvalue weighted by Crippen LogP contribution is -2.34. The van der Waals surface area contributed by atoms with E-state index in [0.717, 1.165) is 28.9 Å². The fourth-order valence-electron chi connectivity index (χ4n) is 3.22. The van der Waals surface area contributed by atoms with Crippen molar-refractivity contribution in [3.63, 3.8) is 0 Å². The number of nitrogens with zero attached hydrogens (tertiary/aromatic N) is 1. The molecule has 0 spiro atoms. The lowest BCUT2D eigenvalue weighted by atomic mass is 10.0. The predicted molar refractivity (Wildman–Crippen MR) is 99.5 cm³/mol. The van der Waals surface area contributed by atoms with Gasteiger partial charge in [0.25, 0.3) is 5.91 Å². The first-order valence-electron chi connectivity index (χ1n) is 8.79. The molecule has 4 rings (SSSR count). The normalized spacial score (nSPS) is 15.2. The summed E-state index contributed by atoms with van der Waals surface area (Å²) >= 11 is 0. The summed E-state index contributed by atoms with van der Waals surface area (Å²) in [5.74, 6) is 1.50. The average Bonchev–Trinajstić information content (AvgIpc) is 3.33. The summed E-state index contributed by atoms with van der Waals surface area (Å²) in [5.41, 5.74) is 3.17. The third-order valence-corrected chi connectivity index (χ3v) is 4.46. The molecule has 1 aromatic carbocycles. The zero-order valence-electron chi connectivity index (χ0n) is 15.0. The van der Waals surface area contributed by atoms with E-state index in [0.29, 0.717) is 18.9 Å². The Kier molecular flexibility index (Phi) is 4.89. The highest BCUT2D eigenvalue weighted by atomic mass is 16.5. The van der Waals surface area contributed by atoms with Crippen molar-refractivity contribution in [1.29, 1.82) is 0 Å². The third kappa shape index (κ3) is 3.71. The Balaban J connectivity index is 1.41. The lowest BCUT2D eigenvalue weighted by molar-refractivity contribution is 0.0897. The maximum absolute atomic E-state index is 12.3. The van der Waals surface area contributed by atoms with Crippen molar-refractivity contribution >= 4 is 5.91 Å². The van der Waals surface area contributed by atoms with E-state index in [9.17, 15) is 4.79 Å². The van der Waals surface area contributed by atoms with Crippen molar-refractivity contribution in [1.82, 2.24) is 10.3 Å². The molecule has 27 heavy (non-hydrogen) atoms. The second-order valence-electron chi connectivity index (χ2n) is 6.39. The highest BCUT2D eigenvalue weighted by molar-refractivity contribution is 5.91. The summed E-state index contributed by atoms with van der Waals surface area (Å²) in [6, 6.07) is 13.4. The van der Waals surface area contributed by atoms with E-state index >= 15 is 0 Å². The Hall–Kier alpha value is -3.12. The van der Waals surface area contributed by atoms with Gasteiger partial charge in [-0.1, -0.05) is 24.3 Å². The monoisotopic (exact) mass is 364 g/mol. The van der Waals surface area contributed by atoms with Crippen LogP contribution in [0.15, 0.2) is 59.3 Å². The molecular formula is C21H20N2O4. The minimum absolute atomic E-state index is 0.116.